The van der Waals surface area contributed by atoms with E-state index >= 15 is 0 Å². The number of rotatable bonds is 3. The average Bonchev–Trinajstić information content (AvgIpc) is 2.42. The van der Waals surface area contributed by atoms with Crippen molar-refractivity contribution in [1.29, 1.82) is 0 Å². The fourth-order valence-corrected chi connectivity index (χ4v) is 2.01. The molecule has 0 saturated carbocycles. The lowest BCUT2D eigenvalue weighted by molar-refractivity contribution is -0.125. The van der Waals surface area contributed by atoms with Crippen molar-refractivity contribution in [2.24, 2.45) is 0 Å². The molecule has 2 rings (SSSR count). The number of likely N-dealkylation sites (N-methyl/N-ethyl adjacent to an activating group) is 1. The summed E-state index contributed by atoms with van der Waals surface area (Å²) in [5, 5.41) is 0. The molecule has 19 heavy (non-hydrogen) atoms. The smallest absolute Gasteiger partial charge is 0.267 e. The Morgan fingerprint density at radius 1 is 1.53 bits per heavy atom. The number of anilines is 1. The van der Waals surface area contributed by atoms with E-state index in [2.05, 4.69) is 5.92 Å². The Hall–Kier alpha value is -2.28. The molecule has 0 radical (unpaired) electrons. The molecule has 0 spiro atoms. The number of terminal acetylenes is 1. The van der Waals surface area contributed by atoms with Crippen molar-refractivity contribution in [2.75, 3.05) is 11.9 Å². The molecule has 4 nitrogen and oxygen atoms in total. The first-order chi connectivity index (χ1) is 9.04. The summed E-state index contributed by atoms with van der Waals surface area (Å²) in [7, 11) is 1.68. The predicted octanol–water partition coefficient (Wildman–Crippen LogP) is 2.03. The molecule has 1 amide bonds. The zero-order valence-electron chi connectivity index (χ0n) is 11.0. The van der Waals surface area contributed by atoms with Gasteiger partial charge >= 0.3 is 0 Å². The van der Waals surface area contributed by atoms with Crippen molar-refractivity contribution in [3.8, 4) is 18.1 Å². The standard InChI is InChI=1S/C15H15NO3/c1-4-5-6-13(17)11-7-8-14-12(9-11)16(3)15(18)10(2)19-14/h1,7-10H,5-6H2,2-3H3. The van der Waals surface area contributed by atoms with Crippen LogP contribution < -0.4 is 9.64 Å². The summed E-state index contributed by atoms with van der Waals surface area (Å²) in [5.74, 6) is 2.90. The number of hydrogen-bond acceptors (Lipinski definition) is 3. The Labute approximate surface area is 112 Å². The topological polar surface area (TPSA) is 46.6 Å². The van der Waals surface area contributed by atoms with Gasteiger partial charge in [-0.25, -0.2) is 0 Å². The predicted molar refractivity (Wildman–Crippen MR) is 72.3 cm³/mol. The number of Topliss-reactive ketones (excluding diaryl/α,β-unsaturated/α-hetero) is 1. The molecule has 0 aliphatic carbocycles. The normalized spacial score (nSPS) is 17.4. The minimum Gasteiger partial charge on any atom is -0.479 e. The van der Waals surface area contributed by atoms with Crippen LogP contribution in [0.5, 0.6) is 5.75 Å². The van der Waals surface area contributed by atoms with Gasteiger partial charge in [-0.3, -0.25) is 9.59 Å². The van der Waals surface area contributed by atoms with Crippen LogP contribution in [-0.2, 0) is 4.79 Å². The van der Waals surface area contributed by atoms with E-state index in [9.17, 15) is 9.59 Å². The molecular weight excluding hydrogens is 242 g/mol. The van der Waals surface area contributed by atoms with E-state index in [1.807, 2.05) is 0 Å². The number of benzene rings is 1. The maximum atomic E-state index is 11.9. The van der Waals surface area contributed by atoms with Gasteiger partial charge in [0, 0.05) is 25.5 Å². The Kier molecular flexibility index (Phi) is 3.57. The van der Waals surface area contributed by atoms with Crippen LogP contribution in [0, 0.1) is 12.3 Å². The van der Waals surface area contributed by atoms with Crippen LogP contribution in [0.2, 0.25) is 0 Å². The average molecular weight is 257 g/mol. The van der Waals surface area contributed by atoms with E-state index in [0.717, 1.165) is 0 Å². The Bertz CT molecular complexity index is 571. The van der Waals surface area contributed by atoms with Crippen LogP contribution in [-0.4, -0.2) is 24.8 Å². The van der Waals surface area contributed by atoms with Gasteiger partial charge in [0.25, 0.3) is 5.91 Å². The number of fused-ring (bicyclic) bond motifs is 1. The fourth-order valence-electron chi connectivity index (χ4n) is 2.01. The number of ketones is 1. The summed E-state index contributed by atoms with van der Waals surface area (Å²) < 4.78 is 5.50. The zero-order chi connectivity index (χ0) is 14.0. The third-order valence-electron chi connectivity index (χ3n) is 3.12. The van der Waals surface area contributed by atoms with Crippen LogP contribution in [0.25, 0.3) is 0 Å². The largest absolute Gasteiger partial charge is 0.479 e. The molecular formula is C15H15NO3. The summed E-state index contributed by atoms with van der Waals surface area (Å²) in [4.78, 5) is 25.2. The molecule has 4 heteroatoms. The molecule has 0 N–H and O–H groups in total. The Balaban J connectivity index is 2.31. The molecule has 0 fully saturated rings. The number of carbonyl (C=O) groups is 2. The van der Waals surface area contributed by atoms with Crippen LogP contribution in [0.3, 0.4) is 0 Å². The van der Waals surface area contributed by atoms with Gasteiger partial charge in [-0.05, 0) is 25.1 Å². The van der Waals surface area contributed by atoms with E-state index in [0.29, 0.717) is 29.8 Å². The van der Waals surface area contributed by atoms with Crippen molar-refractivity contribution < 1.29 is 14.3 Å². The highest BCUT2D eigenvalue weighted by Gasteiger charge is 2.29. The van der Waals surface area contributed by atoms with Crippen LogP contribution >= 0.6 is 0 Å². The van der Waals surface area contributed by atoms with Crippen molar-refractivity contribution in [3.05, 3.63) is 23.8 Å². The van der Waals surface area contributed by atoms with Gasteiger partial charge in [-0.2, -0.15) is 0 Å². The molecule has 1 aliphatic rings. The van der Waals surface area contributed by atoms with E-state index in [1.165, 1.54) is 4.90 Å². The molecule has 1 aliphatic heterocycles. The quantitative estimate of drug-likeness (QED) is 0.615. The maximum Gasteiger partial charge on any atom is 0.267 e. The third kappa shape index (κ3) is 2.45. The first kappa shape index (κ1) is 13.2. The number of amides is 1. The zero-order valence-corrected chi connectivity index (χ0v) is 11.0. The molecule has 1 heterocycles. The first-order valence-electron chi connectivity index (χ1n) is 6.09. The van der Waals surface area contributed by atoms with E-state index in [-0.39, 0.29) is 11.7 Å². The third-order valence-corrected chi connectivity index (χ3v) is 3.12. The first-order valence-corrected chi connectivity index (χ1v) is 6.09. The lowest BCUT2D eigenvalue weighted by atomic mass is 10.0. The van der Waals surface area contributed by atoms with Gasteiger partial charge in [-0.15, -0.1) is 12.3 Å². The van der Waals surface area contributed by atoms with Crippen molar-refractivity contribution in [1.82, 2.24) is 0 Å². The molecule has 98 valence electrons. The molecule has 0 saturated heterocycles. The molecule has 1 aromatic carbocycles. The molecule has 0 bridgehead atoms. The highest BCUT2D eigenvalue weighted by atomic mass is 16.5. The van der Waals surface area contributed by atoms with Crippen molar-refractivity contribution in [3.63, 3.8) is 0 Å². The maximum absolute atomic E-state index is 11.9. The molecule has 1 unspecified atom stereocenters. The van der Waals surface area contributed by atoms with Crippen LogP contribution in [0.4, 0.5) is 5.69 Å². The van der Waals surface area contributed by atoms with Gasteiger partial charge in [0.05, 0.1) is 5.69 Å². The lowest BCUT2D eigenvalue weighted by Gasteiger charge is -2.30. The summed E-state index contributed by atoms with van der Waals surface area (Å²) in [6, 6.07) is 5.10. The van der Waals surface area contributed by atoms with Gasteiger partial charge < -0.3 is 9.64 Å². The van der Waals surface area contributed by atoms with Gasteiger partial charge in [0.2, 0.25) is 0 Å². The fraction of sp³-hybridized carbons (Fsp3) is 0.333. The molecule has 0 aromatic heterocycles. The van der Waals surface area contributed by atoms with E-state index in [4.69, 9.17) is 11.2 Å². The highest BCUT2D eigenvalue weighted by molar-refractivity contribution is 6.02. The Morgan fingerprint density at radius 3 is 2.95 bits per heavy atom. The summed E-state index contributed by atoms with van der Waals surface area (Å²) in [6.45, 7) is 1.70. The SMILES string of the molecule is C#CCCC(=O)c1ccc2c(c1)N(C)C(=O)C(C)O2. The summed E-state index contributed by atoms with van der Waals surface area (Å²) in [6.07, 6.45) is 5.37. The van der Waals surface area contributed by atoms with Crippen LogP contribution in [0.15, 0.2) is 18.2 Å². The van der Waals surface area contributed by atoms with Gasteiger partial charge in [-0.1, -0.05) is 0 Å². The minimum absolute atomic E-state index is 0.0276. The van der Waals surface area contributed by atoms with Crippen molar-refractivity contribution in [2.45, 2.75) is 25.9 Å². The lowest BCUT2D eigenvalue weighted by Crippen LogP contribution is -2.42. The molecule has 1 aromatic rings. The van der Waals surface area contributed by atoms with E-state index in [1.54, 1.807) is 32.2 Å². The second kappa shape index (κ2) is 5.15. The minimum atomic E-state index is -0.500. The summed E-state index contributed by atoms with van der Waals surface area (Å²) in [5.41, 5.74) is 1.17. The Morgan fingerprint density at radius 2 is 2.26 bits per heavy atom. The van der Waals surface area contributed by atoms with Crippen molar-refractivity contribution >= 4 is 17.4 Å². The van der Waals surface area contributed by atoms with E-state index < -0.39 is 6.10 Å². The number of carbonyl (C=O) groups excluding carboxylic acids is 2. The monoisotopic (exact) mass is 257 g/mol. The number of nitrogens with zero attached hydrogens (tertiary/aromatic N) is 1. The second-order valence-electron chi connectivity index (χ2n) is 4.47. The van der Waals surface area contributed by atoms with Gasteiger partial charge in [0.15, 0.2) is 11.9 Å². The molecule has 1 atom stereocenters. The number of ether oxygens (including phenoxy) is 1. The highest BCUT2D eigenvalue weighted by Crippen LogP contribution is 2.34. The van der Waals surface area contributed by atoms with Gasteiger partial charge in [0.1, 0.15) is 5.75 Å². The number of hydrogen-bond donors (Lipinski definition) is 0. The second-order valence-corrected chi connectivity index (χ2v) is 4.47. The summed E-state index contributed by atoms with van der Waals surface area (Å²) >= 11 is 0. The van der Waals surface area contributed by atoms with Crippen LogP contribution in [0.1, 0.15) is 30.1 Å².